The molecule has 1 aromatic heterocycles. The van der Waals surface area contributed by atoms with Gasteiger partial charge in [0.05, 0.1) is 5.82 Å². The smallest absolute Gasteiger partial charge is 0.0993 e. The van der Waals surface area contributed by atoms with Crippen LogP contribution < -0.4 is 5.48 Å². The summed E-state index contributed by atoms with van der Waals surface area (Å²) in [6, 6.07) is 1.81. The topological polar surface area (TPSA) is 50.9 Å². The van der Waals surface area contributed by atoms with Crippen LogP contribution in [-0.2, 0) is 0 Å². The molecule has 3 nitrogen and oxygen atoms in total. The fourth-order valence-electron chi connectivity index (χ4n) is 0.780. The van der Waals surface area contributed by atoms with E-state index in [4.69, 9.17) is 0 Å². The number of nitrogens with one attached hydrogen (secondary N) is 2. The van der Waals surface area contributed by atoms with E-state index in [0.29, 0.717) is 5.82 Å². The molecule has 0 fully saturated rings. The van der Waals surface area contributed by atoms with Gasteiger partial charge in [0.15, 0.2) is 0 Å². The molecule has 1 heterocycles. The van der Waals surface area contributed by atoms with Crippen molar-refractivity contribution in [2.45, 2.75) is 0 Å². The van der Waals surface area contributed by atoms with E-state index in [9.17, 15) is 5.21 Å². The molecule has 0 bridgehead atoms. The molecule has 58 valence electrons. The first-order chi connectivity index (χ1) is 5.38. The summed E-state index contributed by atoms with van der Waals surface area (Å²) in [5.74, 6) is 0.475. The number of allylic oxidation sites excluding steroid dienone is 2. The highest BCUT2D eigenvalue weighted by Crippen LogP contribution is 2.13. The molecule has 0 unspecified atom stereocenters. The van der Waals surface area contributed by atoms with Gasteiger partial charge in [-0.15, -0.1) is 0 Å². The van der Waals surface area contributed by atoms with Crippen LogP contribution in [0.15, 0.2) is 31.0 Å². The molecule has 0 spiro atoms. The molecule has 0 saturated heterocycles. The zero-order valence-corrected chi connectivity index (χ0v) is 6.00. The Labute approximate surface area is 65.0 Å². The Bertz CT molecular complexity index is 263. The van der Waals surface area contributed by atoms with Crippen LogP contribution in [0.5, 0.6) is 0 Å². The second-order valence-corrected chi connectivity index (χ2v) is 2.00. The van der Waals surface area contributed by atoms with Gasteiger partial charge in [0.25, 0.3) is 0 Å². The minimum Gasteiger partial charge on any atom is -0.760 e. The molecule has 1 rings (SSSR count). The van der Waals surface area contributed by atoms with Gasteiger partial charge in [-0.05, 0) is 6.07 Å². The Morgan fingerprint density at radius 1 is 1.64 bits per heavy atom. The number of hydrogen-bond donors (Lipinski definition) is 2. The summed E-state index contributed by atoms with van der Waals surface area (Å²) in [6.45, 7) is 3.52. The van der Waals surface area contributed by atoms with Gasteiger partial charge >= 0.3 is 0 Å². The predicted molar refractivity (Wildman–Crippen MR) is 47.0 cm³/mol. The fraction of sp³-hybridized carbons (Fsp3) is 0. The summed E-state index contributed by atoms with van der Waals surface area (Å²) >= 11 is 0. The lowest BCUT2D eigenvalue weighted by Crippen LogP contribution is -1.85. The maximum Gasteiger partial charge on any atom is 0.0993 e. The molecule has 0 saturated carbocycles. The van der Waals surface area contributed by atoms with Gasteiger partial charge in [-0.1, -0.05) is 24.8 Å². The summed E-state index contributed by atoms with van der Waals surface area (Å²) in [5.41, 5.74) is 2.63. The molecular weight excluding hydrogens is 140 g/mol. The largest absolute Gasteiger partial charge is 0.760 e. The Morgan fingerprint density at radius 3 is 3.09 bits per heavy atom. The predicted octanol–water partition coefficient (Wildman–Crippen LogP) is 2.12. The summed E-state index contributed by atoms with van der Waals surface area (Å²) in [7, 11) is 0. The van der Waals surface area contributed by atoms with Crippen molar-refractivity contribution in [3.05, 3.63) is 41.8 Å². The minimum atomic E-state index is 0.475. The number of hydrogen-bond acceptors (Lipinski definition) is 2. The lowest BCUT2D eigenvalue weighted by molar-refractivity contribution is 1.38. The number of anilines is 1. The van der Waals surface area contributed by atoms with Crippen molar-refractivity contribution in [2.24, 2.45) is 0 Å². The summed E-state index contributed by atoms with van der Waals surface area (Å²) in [4.78, 5) is 2.76. The number of aromatic nitrogens is 1. The quantitative estimate of drug-likeness (QED) is 0.511. The standard InChI is InChI=1S/C8H9N2O/c1-2-3-4-7-5-6-9-8(7)10-11/h2-6,9-10H,1H2/q-1/b4-3-. The Hall–Kier alpha value is -1.48. The van der Waals surface area contributed by atoms with Gasteiger partial charge in [-0.25, -0.2) is 0 Å². The third kappa shape index (κ3) is 1.72. The van der Waals surface area contributed by atoms with E-state index in [1.54, 1.807) is 36.0 Å². The molecule has 0 amide bonds. The van der Waals surface area contributed by atoms with Gasteiger partial charge in [-0.2, -0.15) is 0 Å². The van der Waals surface area contributed by atoms with E-state index in [0.717, 1.165) is 5.56 Å². The van der Waals surface area contributed by atoms with Crippen molar-refractivity contribution < 1.29 is 0 Å². The molecule has 0 aromatic carbocycles. The lowest BCUT2D eigenvalue weighted by Gasteiger charge is -2.06. The average molecular weight is 149 g/mol. The number of aromatic amines is 1. The van der Waals surface area contributed by atoms with E-state index in [2.05, 4.69) is 11.6 Å². The first kappa shape index (κ1) is 7.63. The molecular formula is C8H9N2O-. The van der Waals surface area contributed by atoms with Crippen LogP contribution >= 0.6 is 0 Å². The second-order valence-electron chi connectivity index (χ2n) is 2.00. The van der Waals surface area contributed by atoms with Gasteiger partial charge in [0, 0.05) is 11.8 Å². The Balaban J connectivity index is 2.84. The maximum atomic E-state index is 10.2. The molecule has 0 atom stereocenters. The zero-order chi connectivity index (χ0) is 8.10. The fourth-order valence-corrected chi connectivity index (χ4v) is 0.780. The summed E-state index contributed by atoms with van der Waals surface area (Å²) < 4.78 is 0. The van der Waals surface area contributed by atoms with Crippen molar-refractivity contribution in [3.8, 4) is 0 Å². The number of rotatable bonds is 3. The normalized spacial score (nSPS) is 10.3. The Morgan fingerprint density at radius 2 is 2.45 bits per heavy atom. The first-order valence-electron chi connectivity index (χ1n) is 3.23. The third-order valence-electron chi connectivity index (χ3n) is 1.29. The van der Waals surface area contributed by atoms with Crippen LogP contribution in [-0.4, -0.2) is 4.98 Å². The first-order valence-corrected chi connectivity index (χ1v) is 3.23. The highest BCUT2D eigenvalue weighted by Gasteiger charge is 1.92. The van der Waals surface area contributed by atoms with Crippen LogP contribution in [0.2, 0.25) is 0 Å². The molecule has 11 heavy (non-hydrogen) atoms. The van der Waals surface area contributed by atoms with Crippen molar-refractivity contribution in [2.75, 3.05) is 5.48 Å². The zero-order valence-electron chi connectivity index (χ0n) is 6.00. The van der Waals surface area contributed by atoms with Crippen LogP contribution in [0, 0.1) is 5.21 Å². The van der Waals surface area contributed by atoms with Crippen LogP contribution in [0.4, 0.5) is 5.82 Å². The molecule has 0 radical (unpaired) electrons. The molecule has 2 N–H and O–H groups in total. The molecule has 0 aliphatic heterocycles. The van der Waals surface area contributed by atoms with E-state index in [-0.39, 0.29) is 0 Å². The summed E-state index contributed by atoms with van der Waals surface area (Å²) in [6.07, 6.45) is 6.92. The van der Waals surface area contributed by atoms with E-state index in [1.807, 2.05) is 0 Å². The van der Waals surface area contributed by atoms with Crippen LogP contribution in [0.25, 0.3) is 6.08 Å². The number of H-pyrrole nitrogens is 1. The minimum absolute atomic E-state index is 0.475. The highest BCUT2D eigenvalue weighted by atomic mass is 16.5. The van der Waals surface area contributed by atoms with Crippen molar-refractivity contribution >= 4 is 11.9 Å². The second kappa shape index (κ2) is 3.63. The third-order valence-corrected chi connectivity index (χ3v) is 1.29. The average Bonchev–Trinajstić information content (AvgIpc) is 2.47. The van der Waals surface area contributed by atoms with Crippen molar-refractivity contribution in [1.82, 2.24) is 4.98 Å². The van der Waals surface area contributed by atoms with Crippen LogP contribution in [0.3, 0.4) is 0 Å². The molecule has 1 aromatic rings. The summed E-state index contributed by atoms with van der Waals surface area (Å²) in [5, 5.41) is 10.2. The van der Waals surface area contributed by atoms with Crippen molar-refractivity contribution in [1.29, 1.82) is 0 Å². The maximum absolute atomic E-state index is 10.2. The van der Waals surface area contributed by atoms with E-state index in [1.165, 1.54) is 0 Å². The van der Waals surface area contributed by atoms with E-state index >= 15 is 0 Å². The van der Waals surface area contributed by atoms with Crippen molar-refractivity contribution in [3.63, 3.8) is 0 Å². The van der Waals surface area contributed by atoms with Gasteiger partial charge < -0.3 is 15.7 Å². The molecule has 0 aliphatic carbocycles. The Kier molecular flexibility index (Phi) is 2.52. The van der Waals surface area contributed by atoms with E-state index < -0.39 is 0 Å². The van der Waals surface area contributed by atoms with Gasteiger partial charge in [0.1, 0.15) is 0 Å². The highest BCUT2D eigenvalue weighted by molar-refractivity contribution is 5.64. The SMILES string of the molecule is C=C/C=C\c1cc[nH]c1N[O-]. The lowest BCUT2D eigenvalue weighted by atomic mass is 10.3. The van der Waals surface area contributed by atoms with Gasteiger partial charge in [0.2, 0.25) is 0 Å². The monoisotopic (exact) mass is 149 g/mol. The molecule has 0 aliphatic rings. The molecule has 3 heteroatoms. The van der Waals surface area contributed by atoms with Crippen LogP contribution in [0.1, 0.15) is 5.56 Å². The van der Waals surface area contributed by atoms with Gasteiger partial charge in [-0.3, -0.25) is 0 Å².